The molecule has 1 amide bonds. The third kappa shape index (κ3) is 3.95. The van der Waals surface area contributed by atoms with E-state index in [1.807, 2.05) is 30.3 Å². The number of aromatic nitrogens is 1. The van der Waals surface area contributed by atoms with Crippen molar-refractivity contribution in [2.45, 2.75) is 6.54 Å². The van der Waals surface area contributed by atoms with E-state index < -0.39 is 0 Å². The van der Waals surface area contributed by atoms with Gasteiger partial charge in [-0.2, -0.15) is 0 Å². The molecule has 0 atom stereocenters. The van der Waals surface area contributed by atoms with Crippen molar-refractivity contribution >= 4 is 11.6 Å². The Hall–Kier alpha value is -2.62. The zero-order valence-corrected chi connectivity index (χ0v) is 11.2. The molecular formula is C16H17N3O. The van der Waals surface area contributed by atoms with Gasteiger partial charge in [0, 0.05) is 25.5 Å². The monoisotopic (exact) mass is 267 g/mol. The second kappa shape index (κ2) is 7.09. The second-order valence-electron chi connectivity index (χ2n) is 4.30. The molecule has 0 bridgehead atoms. The van der Waals surface area contributed by atoms with Crippen LogP contribution in [-0.2, 0) is 6.54 Å². The van der Waals surface area contributed by atoms with Crippen LogP contribution in [0.3, 0.4) is 0 Å². The number of anilines is 1. The lowest BCUT2D eigenvalue weighted by molar-refractivity contribution is 0.0950. The summed E-state index contributed by atoms with van der Waals surface area (Å²) in [6.45, 7) is 4.77. The topological polar surface area (TPSA) is 54.0 Å². The largest absolute Gasteiger partial charge is 0.380 e. The van der Waals surface area contributed by atoms with Crippen LogP contribution in [0, 0.1) is 0 Å². The van der Waals surface area contributed by atoms with Crippen molar-refractivity contribution in [1.29, 1.82) is 0 Å². The van der Waals surface area contributed by atoms with Crippen LogP contribution >= 0.6 is 0 Å². The summed E-state index contributed by atoms with van der Waals surface area (Å²) in [4.78, 5) is 16.1. The van der Waals surface area contributed by atoms with Gasteiger partial charge >= 0.3 is 0 Å². The van der Waals surface area contributed by atoms with Gasteiger partial charge in [0.1, 0.15) is 0 Å². The minimum Gasteiger partial charge on any atom is -0.380 e. The van der Waals surface area contributed by atoms with Crippen LogP contribution in [-0.4, -0.2) is 17.4 Å². The lowest BCUT2D eigenvalue weighted by Crippen LogP contribution is -2.23. The number of pyridine rings is 1. The van der Waals surface area contributed by atoms with Crippen LogP contribution in [0.2, 0.25) is 0 Å². The highest BCUT2D eigenvalue weighted by Crippen LogP contribution is 2.08. The van der Waals surface area contributed by atoms with Crippen molar-refractivity contribution in [2.24, 2.45) is 0 Å². The molecule has 0 saturated heterocycles. The van der Waals surface area contributed by atoms with Gasteiger partial charge < -0.3 is 10.6 Å². The van der Waals surface area contributed by atoms with Crippen LogP contribution < -0.4 is 10.6 Å². The van der Waals surface area contributed by atoms with Crippen LogP contribution in [0.5, 0.6) is 0 Å². The van der Waals surface area contributed by atoms with E-state index in [4.69, 9.17) is 0 Å². The van der Waals surface area contributed by atoms with Crippen molar-refractivity contribution in [1.82, 2.24) is 10.3 Å². The number of amides is 1. The highest BCUT2D eigenvalue weighted by Gasteiger charge is 2.06. The SMILES string of the molecule is C=CCNc1cncc(C(=O)NCc2ccccc2)c1. The fraction of sp³-hybridized carbons (Fsp3) is 0.125. The van der Waals surface area contributed by atoms with E-state index in [-0.39, 0.29) is 5.91 Å². The Morgan fingerprint density at radius 1 is 1.25 bits per heavy atom. The molecule has 0 saturated carbocycles. The molecule has 4 heteroatoms. The Bertz CT molecular complexity index is 581. The number of carbonyl (C=O) groups excluding carboxylic acids is 1. The minimum absolute atomic E-state index is 0.136. The standard InChI is InChI=1S/C16H17N3O/c1-2-8-18-15-9-14(11-17-12-15)16(20)19-10-13-6-4-3-5-7-13/h2-7,9,11-12,18H,1,8,10H2,(H,19,20). The Morgan fingerprint density at radius 2 is 2.05 bits per heavy atom. The molecule has 20 heavy (non-hydrogen) atoms. The normalized spacial score (nSPS) is 9.80. The maximum absolute atomic E-state index is 12.0. The lowest BCUT2D eigenvalue weighted by atomic mass is 10.2. The molecule has 0 unspecified atom stereocenters. The number of hydrogen-bond acceptors (Lipinski definition) is 3. The minimum atomic E-state index is -0.136. The number of rotatable bonds is 6. The molecule has 0 radical (unpaired) electrons. The molecular weight excluding hydrogens is 250 g/mol. The number of nitrogens with zero attached hydrogens (tertiary/aromatic N) is 1. The summed E-state index contributed by atoms with van der Waals surface area (Å²) in [5.74, 6) is -0.136. The zero-order valence-electron chi connectivity index (χ0n) is 11.2. The van der Waals surface area contributed by atoms with Crippen molar-refractivity contribution in [3.63, 3.8) is 0 Å². The quantitative estimate of drug-likeness (QED) is 0.791. The lowest BCUT2D eigenvalue weighted by Gasteiger charge is -2.07. The Labute approximate surface area is 118 Å². The summed E-state index contributed by atoms with van der Waals surface area (Å²) in [6, 6.07) is 11.6. The summed E-state index contributed by atoms with van der Waals surface area (Å²) in [5, 5.41) is 5.97. The molecule has 2 N–H and O–H groups in total. The average molecular weight is 267 g/mol. The molecule has 1 heterocycles. The van der Waals surface area contributed by atoms with Crippen LogP contribution in [0.4, 0.5) is 5.69 Å². The molecule has 2 rings (SSSR count). The smallest absolute Gasteiger partial charge is 0.253 e. The highest BCUT2D eigenvalue weighted by molar-refractivity contribution is 5.94. The van der Waals surface area contributed by atoms with E-state index in [2.05, 4.69) is 22.2 Å². The Morgan fingerprint density at radius 3 is 2.80 bits per heavy atom. The molecule has 2 aromatic rings. The van der Waals surface area contributed by atoms with Crippen molar-refractivity contribution in [3.8, 4) is 0 Å². The van der Waals surface area contributed by atoms with E-state index in [1.165, 1.54) is 0 Å². The van der Waals surface area contributed by atoms with Crippen LogP contribution in [0.25, 0.3) is 0 Å². The molecule has 0 fully saturated rings. The number of carbonyl (C=O) groups is 1. The van der Waals surface area contributed by atoms with E-state index in [1.54, 1.807) is 24.5 Å². The van der Waals surface area contributed by atoms with Gasteiger partial charge in [-0.1, -0.05) is 36.4 Å². The first-order valence-electron chi connectivity index (χ1n) is 6.41. The fourth-order valence-electron chi connectivity index (χ4n) is 1.73. The van der Waals surface area contributed by atoms with Crippen LogP contribution in [0.15, 0.2) is 61.4 Å². The first-order valence-corrected chi connectivity index (χ1v) is 6.41. The summed E-state index contributed by atoms with van der Waals surface area (Å²) in [7, 11) is 0. The second-order valence-corrected chi connectivity index (χ2v) is 4.30. The maximum Gasteiger partial charge on any atom is 0.253 e. The van der Waals surface area contributed by atoms with E-state index in [9.17, 15) is 4.79 Å². The number of benzene rings is 1. The highest BCUT2D eigenvalue weighted by atomic mass is 16.1. The zero-order chi connectivity index (χ0) is 14.2. The van der Waals surface area contributed by atoms with Gasteiger partial charge in [0.2, 0.25) is 0 Å². The first kappa shape index (κ1) is 13.8. The third-order valence-electron chi connectivity index (χ3n) is 2.75. The summed E-state index contributed by atoms with van der Waals surface area (Å²) < 4.78 is 0. The number of nitrogens with one attached hydrogen (secondary N) is 2. The molecule has 0 aliphatic rings. The van der Waals surface area contributed by atoms with Gasteiger partial charge in [-0.15, -0.1) is 6.58 Å². The molecule has 0 aliphatic carbocycles. The van der Waals surface area contributed by atoms with Crippen molar-refractivity contribution < 1.29 is 4.79 Å². The van der Waals surface area contributed by atoms with Crippen molar-refractivity contribution in [2.75, 3.05) is 11.9 Å². The Kier molecular flexibility index (Phi) is 4.89. The molecule has 4 nitrogen and oxygen atoms in total. The summed E-state index contributed by atoms with van der Waals surface area (Å²) >= 11 is 0. The van der Waals surface area contributed by atoms with Gasteiger partial charge in [-0.3, -0.25) is 9.78 Å². The third-order valence-corrected chi connectivity index (χ3v) is 2.75. The first-order chi connectivity index (χ1) is 9.79. The van der Waals surface area contributed by atoms with Gasteiger partial charge in [-0.05, 0) is 11.6 Å². The molecule has 0 aliphatic heterocycles. The fourth-order valence-corrected chi connectivity index (χ4v) is 1.73. The van der Waals surface area contributed by atoms with E-state index >= 15 is 0 Å². The predicted molar refractivity (Wildman–Crippen MR) is 80.5 cm³/mol. The molecule has 102 valence electrons. The summed E-state index contributed by atoms with van der Waals surface area (Å²) in [6.07, 6.45) is 4.99. The van der Waals surface area contributed by atoms with Gasteiger partial charge in [0.25, 0.3) is 5.91 Å². The van der Waals surface area contributed by atoms with Crippen molar-refractivity contribution in [3.05, 3.63) is 72.6 Å². The average Bonchev–Trinajstić information content (AvgIpc) is 2.52. The number of hydrogen-bond donors (Lipinski definition) is 2. The van der Waals surface area contributed by atoms with E-state index in [0.29, 0.717) is 18.7 Å². The molecule has 1 aromatic heterocycles. The van der Waals surface area contributed by atoms with Gasteiger partial charge in [0.05, 0.1) is 11.3 Å². The van der Waals surface area contributed by atoms with E-state index in [0.717, 1.165) is 11.3 Å². The molecule has 1 aromatic carbocycles. The van der Waals surface area contributed by atoms with Crippen LogP contribution in [0.1, 0.15) is 15.9 Å². The predicted octanol–water partition coefficient (Wildman–Crippen LogP) is 2.61. The van der Waals surface area contributed by atoms with Gasteiger partial charge in [0.15, 0.2) is 0 Å². The summed E-state index contributed by atoms with van der Waals surface area (Å²) in [5.41, 5.74) is 2.40. The van der Waals surface area contributed by atoms with Gasteiger partial charge in [-0.25, -0.2) is 0 Å². The molecule has 0 spiro atoms. The maximum atomic E-state index is 12.0. The Balaban J connectivity index is 1.96.